The summed E-state index contributed by atoms with van der Waals surface area (Å²) < 4.78 is 28.5. The van der Waals surface area contributed by atoms with Crippen LogP contribution in [0.25, 0.3) is 6.08 Å². The minimum absolute atomic E-state index is 0.0615. The Morgan fingerprint density at radius 3 is 2.88 bits per heavy atom. The van der Waals surface area contributed by atoms with Gasteiger partial charge in [0.1, 0.15) is 24.0 Å². The molecular formula is C17H16N2O4S. The first kappa shape index (κ1) is 16.3. The van der Waals surface area contributed by atoms with Gasteiger partial charge in [-0.05, 0) is 30.2 Å². The van der Waals surface area contributed by atoms with Crippen molar-refractivity contribution in [3.8, 4) is 11.8 Å². The number of hydrogen-bond donors (Lipinski definition) is 1. The number of nitriles is 1. The van der Waals surface area contributed by atoms with Gasteiger partial charge in [0.25, 0.3) is 5.91 Å². The van der Waals surface area contributed by atoms with Crippen molar-refractivity contribution in [2.75, 3.05) is 18.1 Å². The number of sulfone groups is 1. The van der Waals surface area contributed by atoms with Gasteiger partial charge in [-0.25, -0.2) is 8.42 Å². The van der Waals surface area contributed by atoms with Gasteiger partial charge < -0.3 is 10.1 Å². The Morgan fingerprint density at radius 1 is 1.38 bits per heavy atom. The van der Waals surface area contributed by atoms with Gasteiger partial charge in [-0.15, -0.1) is 0 Å². The molecule has 6 nitrogen and oxygen atoms in total. The SMILES string of the molecule is N#C/C(=C/C1=Cc2ccccc2OC1)C(=O)NC1CCS(=O)(=O)C1. The van der Waals surface area contributed by atoms with Crippen molar-refractivity contribution in [3.05, 3.63) is 47.1 Å². The lowest BCUT2D eigenvalue weighted by molar-refractivity contribution is -0.117. The first-order chi connectivity index (χ1) is 11.5. The number of carbonyl (C=O) groups is 1. The van der Waals surface area contributed by atoms with Crippen LogP contribution in [-0.2, 0) is 14.6 Å². The minimum atomic E-state index is -3.08. The molecule has 0 saturated carbocycles. The number of amides is 1. The topological polar surface area (TPSA) is 96.3 Å². The van der Waals surface area contributed by atoms with Gasteiger partial charge in [-0.3, -0.25) is 4.79 Å². The summed E-state index contributed by atoms with van der Waals surface area (Å²) in [4.78, 5) is 12.2. The Balaban J connectivity index is 1.75. The van der Waals surface area contributed by atoms with Crippen LogP contribution in [0, 0.1) is 11.3 Å². The number of fused-ring (bicyclic) bond motifs is 1. The number of benzene rings is 1. The van der Waals surface area contributed by atoms with Gasteiger partial charge in [-0.1, -0.05) is 18.2 Å². The molecule has 0 aliphatic carbocycles. The van der Waals surface area contributed by atoms with Crippen molar-refractivity contribution in [2.45, 2.75) is 12.5 Å². The zero-order chi connectivity index (χ0) is 17.2. The number of hydrogen-bond acceptors (Lipinski definition) is 5. The summed E-state index contributed by atoms with van der Waals surface area (Å²) >= 11 is 0. The quantitative estimate of drug-likeness (QED) is 0.657. The molecule has 1 N–H and O–H groups in total. The molecule has 0 aromatic heterocycles. The van der Waals surface area contributed by atoms with E-state index < -0.39 is 21.8 Å². The van der Waals surface area contributed by atoms with E-state index in [1.807, 2.05) is 36.4 Å². The molecule has 1 saturated heterocycles. The second-order valence-electron chi connectivity index (χ2n) is 5.79. The van der Waals surface area contributed by atoms with E-state index in [4.69, 9.17) is 4.74 Å². The van der Waals surface area contributed by atoms with E-state index in [-0.39, 0.29) is 23.7 Å². The average molecular weight is 344 g/mol. The number of ether oxygens (including phenoxy) is 1. The van der Waals surface area contributed by atoms with E-state index in [0.29, 0.717) is 12.0 Å². The predicted molar refractivity (Wildman–Crippen MR) is 88.8 cm³/mol. The molecule has 0 bridgehead atoms. The largest absolute Gasteiger partial charge is 0.488 e. The van der Waals surface area contributed by atoms with Crippen LogP contribution >= 0.6 is 0 Å². The molecule has 0 radical (unpaired) electrons. The first-order valence-electron chi connectivity index (χ1n) is 7.52. The summed E-state index contributed by atoms with van der Waals surface area (Å²) in [6.07, 6.45) is 3.73. The molecule has 0 spiro atoms. The van der Waals surface area contributed by atoms with Gasteiger partial charge >= 0.3 is 0 Å². The summed E-state index contributed by atoms with van der Waals surface area (Å²) in [5, 5.41) is 11.9. The summed E-state index contributed by atoms with van der Waals surface area (Å²) in [5.41, 5.74) is 1.53. The Labute approximate surface area is 140 Å². The molecule has 1 amide bonds. The highest BCUT2D eigenvalue weighted by molar-refractivity contribution is 7.91. The van der Waals surface area contributed by atoms with E-state index in [1.165, 1.54) is 6.08 Å². The summed E-state index contributed by atoms with van der Waals surface area (Å²) in [6.45, 7) is 0.271. The predicted octanol–water partition coefficient (Wildman–Crippen LogP) is 1.22. The molecule has 124 valence electrons. The zero-order valence-corrected chi connectivity index (χ0v) is 13.7. The maximum absolute atomic E-state index is 12.2. The molecule has 1 atom stereocenters. The molecule has 1 unspecified atom stereocenters. The van der Waals surface area contributed by atoms with Gasteiger partial charge in [0.2, 0.25) is 0 Å². The minimum Gasteiger partial charge on any atom is -0.488 e. The fraction of sp³-hybridized carbons (Fsp3) is 0.294. The van der Waals surface area contributed by atoms with E-state index >= 15 is 0 Å². The Morgan fingerprint density at radius 2 is 2.17 bits per heavy atom. The lowest BCUT2D eigenvalue weighted by atomic mass is 10.0. The van der Waals surface area contributed by atoms with Gasteiger partial charge in [0.05, 0.1) is 11.5 Å². The first-order valence-corrected chi connectivity index (χ1v) is 9.34. The lowest BCUT2D eigenvalue weighted by Crippen LogP contribution is -2.36. The summed E-state index contributed by atoms with van der Waals surface area (Å²) in [5.74, 6) is 0.198. The molecule has 7 heteroatoms. The van der Waals surface area contributed by atoms with E-state index in [0.717, 1.165) is 11.3 Å². The molecule has 2 heterocycles. The molecule has 1 fully saturated rings. The Kier molecular flexibility index (Phi) is 4.40. The third kappa shape index (κ3) is 3.66. The molecule has 2 aliphatic heterocycles. The number of nitrogens with zero attached hydrogens (tertiary/aromatic N) is 1. The lowest BCUT2D eigenvalue weighted by Gasteiger charge is -2.16. The number of nitrogens with one attached hydrogen (secondary N) is 1. The van der Waals surface area contributed by atoms with Crippen LogP contribution in [0.15, 0.2) is 41.5 Å². The third-order valence-corrected chi connectivity index (χ3v) is 5.68. The van der Waals surface area contributed by atoms with Crippen molar-refractivity contribution in [3.63, 3.8) is 0 Å². The van der Waals surface area contributed by atoms with Crippen LogP contribution in [-0.4, -0.2) is 38.5 Å². The smallest absolute Gasteiger partial charge is 0.262 e. The van der Waals surface area contributed by atoms with Gasteiger partial charge in [0, 0.05) is 11.6 Å². The highest BCUT2D eigenvalue weighted by atomic mass is 32.2. The van der Waals surface area contributed by atoms with Crippen LogP contribution in [0.2, 0.25) is 0 Å². The molecule has 3 rings (SSSR count). The van der Waals surface area contributed by atoms with Crippen LogP contribution in [0.5, 0.6) is 5.75 Å². The van der Waals surface area contributed by atoms with Crippen molar-refractivity contribution in [1.29, 1.82) is 5.26 Å². The normalized spacial score (nSPS) is 21.9. The third-order valence-electron chi connectivity index (χ3n) is 3.92. The molecule has 24 heavy (non-hydrogen) atoms. The molecule has 1 aromatic carbocycles. The standard InChI is InChI=1S/C17H16N2O4S/c18-9-14(17(20)19-15-5-6-24(21,22)11-15)8-12-7-13-3-1-2-4-16(13)23-10-12/h1-4,7-8,15H,5-6,10-11H2,(H,19,20)/b14-8-. The van der Waals surface area contributed by atoms with Crippen LogP contribution in [0.1, 0.15) is 12.0 Å². The number of carbonyl (C=O) groups excluding carboxylic acids is 1. The van der Waals surface area contributed by atoms with Crippen LogP contribution in [0.3, 0.4) is 0 Å². The van der Waals surface area contributed by atoms with Crippen LogP contribution < -0.4 is 10.1 Å². The summed E-state index contributed by atoms with van der Waals surface area (Å²) in [6, 6.07) is 8.93. The highest BCUT2D eigenvalue weighted by Gasteiger charge is 2.29. The number of para-hydroxylation sites is 1. The van der Waals surface area contributed by atoms with Crippen LogP contribution in [0.4, 0.5) is 0 Å². The monoisotopic (exact) mass is 344 g/mol. The molecule has 2 aliphatic rings. The van der Waals surface area contributed by atoms with Crippen molar-refractivity contribution >= 4 is 21.8 Å². The molecular weight excluding hydrogens is 328 g/mol. The van der Waals surface area contributed by atoms with Gasteiger partial charge in [0.15, 0.2) is 9.84 Å². The van der Waals surface area contributed by atoms with E-state index in [9.17, 15) is 18.5 Å². The van der Waals surface area contributed by atoms with E-state index in [1.54, 1.807) is 0 Å². The maximum Gasteiger partial charge on any atom is 0.262 e. The van der Waals surface area contributed by atoms with Crippen molar-refractivity contribution in [1.82, 2.24) is 5.32 Å². The average Bonchev–Trinajstić information content (AvgIpc) is 2.91. The maximum atomic E-state index is 12.2. The fourth-order valence-corrected chi connectivity index (χ4v) is 4.40. The second-order valence-corrected chi connectivity index (χ2v) is 8.02. The van der Waals surface area contributed by atoms with Gasteiger partial charge in [-0.2, -0.15) is 5.26 Å². The fourth-order valence-electron chi connectivity index (χ4n) is 2.72. The zero-order valence-electron chi connectivity index (χ0n) is 12.9. The Hall–Kier alpha value is -2.59. The van der Waals surface area contributed by atoms with Crippen molar-refractivity contribution < 1.29 is 17.9 Å². The Bertz CT molecular complexity index is 878. The van der Waals surface area contributed by atoms with E-state index in [2.05, 4.69) is 5.32 Å². The summed E-state index contributed by atoms with van der Waals surface area (Å²) in [7, 11) is -3.08. The number of rotatable bonds is 3. The second kappa shape index (κ2) is 6.49. The van der Waals surface area contributed by atoms with Crippen molar-refractivity contribution in [2.24, 2.45) is 0 Å². The molecule has 1 aromatic rings. The highest BCUT2D eigenvalue weighted by Crippen LogP contribution is 2.26.